The number of benzene rings is 1. The molecule has 1 saturated heterocycles. The molecule has 1 heterocycles. The van der Waals surface area contributed by atoms with Crippen LogP contribution in [0.2, 0.25) is 0 Å². The Morgan fingerprint density at radius 1 is 1.11 bits per heavy atom. The maximum atomic E-state index is 13.2. The van der Waals surface area contributed by atoms with Crippen LogP contribution in [-0.4, -0.2) is 49.7 Å². The first kappa shape index (κ1) is 20.5. The predicted octanol–water partition coefficient (Wildman–Crippen LogP) is 3.71. The Morgan fingerprint density at radius 2 is 1.75 bits per heavy atom. The highest BCUT2D eigenvalue weighted by Crippen LogP contribution is 2.38. The smallest absolute Gasteiger partial charge is 0.409 e. The van der Waals surface area contributed by atoms with Crippen LogP contribution in [0, 0.1) is 5.92 Å². The molecule has 1 aliphatic carbocycles. The molecule has 0 radical (unpaired) electrons. The molecule has 2 amide bonds. The SMILES string of the molecule is CCOC(=O)N1CCC(NC(=O)C(c2ccc(OC)cc2)C2CCCC2)CC1. The molecule has 1 atom stereocenters. The fourth-order valence-corrected chi connectivity index (χ4v) is 4.45. The first-order chi connectivity index (χ1) is 13.6. The molecule has 1 saturated carbocycles. The van der Waals surface area contributed by atoms with E-state index in [9.17, 15) is 9.59 Å². The highest BCUT2D eigenvalue weighted by molar-refractivity contribution is 5.84. The van der Waals surface area contributed by atoms with Crippen molar-refractivity contribution in [2.24, 2.45) is 5.92 Å². The Morgan fingerprint density at radius 3 is 2.32 bits per heavy atom. The quantitative estimate of drug-likeness (QED) is 0.807. The Bertz CT molecular complexity index is 647. The van der Waals surface area contributed by atoms with Crippen molar-refractivity contribution < 1.29 is 19.1 Å². The average molecular weight is 389 g/mol. The number of ether oxygens (including phenoxy) is 2. The van der Waals surface area contributed by atoms with Gasteiger partial charge in [0.05, 0.1) is 19.6 Å². The Kier molecular flexibility index (Phi) is 7.18. The van der Waals surface area contributed by atoms with Crippen molar-refractivity contribution in [3.05, 3.63) is 29.8 Å². The number of methoxy groups -OCH3 is 1. The molecule has 28 heavy (non-hydrogen) atoms. The number of carbonyl (C=O) groups is 2. The van der Waals surface area contributed by atoms with Crippen molar-refractivity contribution in [3.63, 3.8) is 0 Å². The van der Waals surface area contributed by atoms with Gasteiger partial charge in [-0.15, -0.1) is 0 Å². The normalized spacial score (nSPS) is 19.3. The van der Waals surface area contributed by atoms with E-state index in [2.05, 4.69) is 5.32 Å². The van der Waals surface area contributed by atoms with Gasteiger partial charge in [-0.05, 0) is 56.2 Å². The monoisotopic (exact) mass is 388 g/mol. The van der Waals surface area contributed by atoms with Gasteiger partial charge in [-0.2, -0.15) is 0 Å². The summed E-state index contributed by atoms with van der Waals surface area (Å²) in [7, 11) is 1.65. The highest BCUT2D eigenvalue weighted by Gasteiger charge is 2.34. The lowest BCUT2D eigenvalue weighted by Crippen LogP contribution is -2.48. The molecule has 0 spiro atoms. The number of piperidine rings is 1. The van der Waals surface area contributed by atoms with Gasteiger partial charge in [0.15, 0.2) is 0 Å². The van der Waals surface area contributed by atoms with Gasteiger partial charge >= 0.3 is 6.09 Å². The summed E-state index contributed by atoms with van der Waals surface area (Å²) in [6.07, 6.45) is 5.88. The van der Waals surface area contributed by atoms with Crippen LogP contribution >= 0.6 is 0 Å². The molecule has 6 heteroatoms. The summed E-state index contributed by atoms with van der Waals surface area (Å²) in [4.78, 5) is 26.8. The predicted molar refractivity (Wildman–Crippen MR) is 107 cm³/mol. The van der Waals surface area contributed by atoms with E-state index < -0.39 is 0 Å². The number of rotatable bonds is 6. The third kappa shape index (κ3) is 4.97. The van der Waals surface area contributed by atoms with E-state index >= 15 is 0 Å². The molecule has 6 nitrogen and oxygen atoms in total. The van der Waals surface area contributed by atoms with Crippen molar-refractivity contribution in [2.45, 2.75) is 57.4 Å². The van der Waals surface area contributed by atoms with Crippen LogP contribution in [0.4, 0.5) is 4.79 Å². The Balaban J connectivity index is 1.62. The summed E-state index contributed by atoms with van der Waals surface area (Å²) in [5, 5.41) is 3.27. The molecule has 3 rings (SSSR count). The second-order valence-corrected chi connectivity index (χ2v) is 7.76. The number of hydrogen-bond acceptors (Lipinski definition) is 4. The minimum absolute atomic E-state index is 0.111. The van der Waals surface area contributed by atoms with Gasteiger partial charge in [-0.3, -0.25) is 4.79 Å². The zero-order valence-electron chi connectivity index (χ0n) is 17.0. The molecular weight excluding hydrogens is 356 g/mol. The topological polar surface area (TPSA) is 67.9 Å². The van der Waals surface area contributed by atoms with Gasteiger partial charge in [-0.25, -0.2) is 4.79 Å². The first-order valence-electron chi connectivity index (χ1n) is 10.5. The second-order valence-electron chi connectivity index (χ2n) is 7.76. The molecule has 1 aliphatic heterocycles. The third-order valence-corrected chi connectivity index (χ3v) is 6.00. The lowest BCUT2D eigenvalue weighted by atomic mass is 9.83. The van der Waals surface area contributed by atoms with E-state index in [1.807, 2.05) is 31.2 Å². The summed E-state index contributed by atoms with van der Waals surface area (Å²) in [6.45, 7) is 3.45. The molecule has 1 aromatic rings. The molecule has 1 unspecified atom stereocenters. The van der Waals surface area contributed by atoms with Crippen molar-refractivity contribution in [3.8, 4) is 5.75 Å². The van der Waals surface area contributed by atoms with Crippen molar-refractivity contribution in [1.82, 2.24) is 10.2 Å². The van der Waals surface area contributed by atoms with Crippen LogP contribution in [0.3, 0.4) is 0 Å². The van der Waals surface area contributed by atoms with E-state index in [1.165, 1.54) is 12.8 Å². The van der Waals surface area contributed by atoms with Crippen LogP contribution in [0.1, 0.15) is 56.9 Å². The molecule has 1 N–H and O–H groups in total. The van der Waals surface area contributed by atoms with E-state index in [1.54, 1.807) is 12.0 Å². The molecule has 1 aromatic carbocycles. The second kappa shape index (κ2) is 9.80. The number of likely N-dealkylation sites (tertiary alicyclic amines) is 1. The Hall–Kier alpha value is -2.24. The van der Waals surface area contributed by atoms with E-state index in [0.29, 0.717) is 25.6 Å². The van der Waals surface area contributed by atoms with Gasteiger partial charge in [0.25, 0.3) is 0 Å². The third-order valence-electron chi connectivity index (χ3n) is 6.00. The van der Waals surface area contributed by atoms with E-state index in [-0.39, 0.29) is 24.0 Å². The largest absolute Gasteiger partial charge is 0.497 e. The van der Waals surface area contributed by atoms with Crippen LogP contribution in [0.25, 0.3) is 0 Å². The standard InChI is InChI=1S/C22H32N2O4/c1-3-28-22(26)24-14-12-18(13-15-24)23-21(25)20(16-6-4-5-7-16)17-8-10-19(27-2)11-9-17/h8-11,16,18,20H,3-7,12-15H2,1-2H3,(H,23,25). The lowest BCUT2D eigenvalue weighted by Gasteiger charge is -2.33. The van der Waals surface area contributed by atoms with Gasteiger partial charge < -0.3 is 19.7 Å². The van der Waals surface area contributed by atoms with Crippen LogP contribution in [0.5, 0.6) is 5.75 Å². The van der Waals surface area contributed by atoms with Crippen molar-refractivity contribution >= 4 is 12.0 Å². The minimum atomic E-state index is -0.255. The number of nitrogens with one attached hydrogen (secondary N) is 1. The summed E-state index contributed by atoms with van der Waals surface area (Å²) in [5.74, 6) is 1.21. The van der Waals surface area contributed by atoms with Crippen molar-refractivity contribution in [2.75, 3.05) is 26.8 Å². The first-order valence-corrected chi connectivity index (χ1v) is 10.5. The van der Waals surface area contributed by atoms with E-state index in [0.717, 1.165) is 37.0 Å². The maximum absolute atomic E-state index is 13.2. The van der Waals surface area contributed by atoms with E-state index in [4.69, 9.17) is 9.47 Å². The van der Waals surface area contributed by atoms with Gasteiger partial charge in [0.1, 0.15) is 5.75 Å². The number of nitrogens with zero attached hydrogens (tertiary/aromatic N) is 1. The molecule has 2 fully saturated rings. The van der Waals surface area contributed by atoms with Gasteiger partial charge in [-0.1, -0.05) is 25.0 Å². The summed E-state index contributed by atoms with van der Waals surface area (Å²) in [6, 6.07) is 8.01. The van der Waals surface area contributed by atoms with Crippen LogP contribution in [0.15, 0.2) is 24.3 Å². The van der Waals surface area contributed by atoms with Crippen LogP contribution in [-0.2, 0) is 9.53 Å². The molecule has 0 bridgehead atoms. The molecular formula is C22H32N2O4. The summed E-state index contributed by atoms with van der Waals surface area (Å²) < 4.78 is 10.3. The fraction of sp³-hybridized carbons (Fsp3) is 0.636. The Labute approximate surface area is 167 Å². The number of amides is 2. The number of hydrogen-bond donors (Lipinski definition) is 1. The number of carbonyl (C=O) groups excluding carboxylic acids is 2. The lowest BCUT2D eigenvalue weighted by molar-refractivity contribution is -0.124. The van der Waals surface area contributed by atoms with Gasteiger partial charge in [0.2, 0.25) is 5.91 Å². The maximum Gasteiger partial charge on any atom is 0.409 e. The minimum Gasteiger partial charge on any atom is -0.497 e. The van der Waals surface area contributed by atoms with Crippen molar-refractivity contribution in [1.29, 1.82) is 0 Å². The highest BCUT2D eigenvalue weighted by atomic mass is 16.6. The van der Waals surface area contributed by atoms with Gasteiger partial charge in [0, 0.05) is 19.1 Å². The summed E-state index contributed by atoms with van der Waals surface area (Å²) in [5.41, 5.74) is 1.06. The summed E-state index contributed by atoms with van der Waals surface area (Å²) >= 11 is 0. The zero-order chi connectivity index (χ0) is 19.9. The fourth-order valence-electron chi connectivity index (χ4n) is 4.45. The zero-order valence-corrected chi connectivity index (χ0v) is 17.0. The molecule has 2 aliphatic rings. The molecule has 154 valence electrons. The average Bonchev–Trinajstić information content (AvgIpc) is 3.23. The van der Waals surface area contributed by atoms with Crippen LogP contribution < -0.4 is 10.1 Å². The molecule has 0 aromatic heterocycles.